The van der Waals surface area contributed by atoms with Crippen LogP contribution in [0.5, 0.6) is 0 Å². The van der Waals surface area contributed by atoms with Gasteiger partial charge in [0.15, 0.2) is 11.6 Å². The number of aryl methyl sites for hydroxylation is 5. The quantitative estimate of drug-likeness (QED) is 0.699. The lowest BCUT2D eigenvalue weighted by Crippen LogP contribution is -2.09. The third kappa shape index (κ3) is 2.79. The van der Waals surface area contributed by atoms with E-state index in [1.54, 1.807) is 0 Å². The van der Waals surface area contributed by atoms with Crippen molar-refractivity contribution in [3.63, 3.8) is 0 Å². The monoisotopic (exact) mass is 299 g/mol. The van der Waals surface area contributed by atoms with Gasteiger partial charge in [0.05, 0.1) is 0 Å². The molecule has 0 aromatic carbocycles. The molecule has 0 atom stereocenters. The van der Waals surface area contributed by atoms with Crippen molar-refractivity contribution in [3.05, 3.63) is 36.4 Å². The van der Waals surface area contributed by atoms with Crippen LogP contribution in [0.3, 0.4) is 0 Å². The van der Waals surface area contributed by atoms with Gasteiger partial charge in [0.2, 0.25) is 0 Å². The van der Waals surface area contributed by atoms with Crippen LogP contribution in [0.4, 0.5) is 0 Å². The van der Waals surface area contributed by atoms with Crippen molar-refractivity contribution >= 4 is 0 Å². The molecule has 3 rings (SSSR count). The molecule has 0 N–H and O–H groups in total. The molecule has 3 aromatic heterocycles. The van der Waals surface area contributed by atoms with Crippen LogP contribution in [-0.2, 0) is 19.6 Å². The van der Waals surface area contributed by atoms with Crippen LogP contribution >= 0.6 is 0 Å². The van der Waals surface area contributed by atoms with Gasteiger partial charge in [0.25, 0.3) is 0 Å². The van der Waals surface area contributed by atoms with Crippen molar-refractivity contribution < 1.29 is 0 Å². The highest BCUT2D eigenvalue weighted by Crippen LogP contribution is 2.16. The smallest absolute Gasteiger partial charge is 0.176 e. The van der Waals surface area contributed by atoms with Crippen molar-refractivity contribution in [2.75, 3.05) is 0 Å². The Hall–Kier alpha value is -2.44. The molecule has 0 amide bonds. The molecule has 116 valence electrons. The Morgan fingerprint density at radius 3 is 2.27 bits per heavy atom. The minimum absolute atomic E-state index is 0.825. The first-order chi connectivity index (χ1) is 10.7. The standard InChI is InChI=1S/C15H21N7/c1-4-20-10-6-16-14(20)15-17-7-11-21(15)8-5-9-22-13(3)18-12(2)19-22/h6-7,10-11H,4-5,8-9H2,1-3H3. The van der Waals surface area contributed by atoms with E-state index in [2.05, 4.69) is 36.1 Å². The summed E-state index contributed by atoms with van der Waals surface area (Å²) < 4.78 is 6.20. The Morgan fingerprint density at radius 2 is 1.64 bits per heavy atom. The van der Waals surface area contributed by atoms with Crippen LogP contribution in [0.2, 0.25) is 0 Å². The van der Waals surface area contributed by atoms with Crippen LogP contribution in [-0.4, -0.2) is 33.9 Å². The van der Waals surface area contributed by atoms with Crippen molar-refractivity contribution in [3.8, 4) is 11.6 Å². The molecule has 7 nitrogen and oxygen atoms in total. The molecule has 0 aliphatic rings. The predicted octanol–water partition coefficient (Wildman–Crippen LogP) is 2.07. The van der Waals surface area contributed by atoms with Gasteiger partial charge < -0.3 is 9.13 Å². The van der Waals surface area contributed by atoms with Gasteiger partial charge in [-0.3, -0.25) is 4.68 Å². The number of hydrogen-bond acceptors (Lipinski definition) is 4. The Kier molecular flexibility index (Phi) is 4.04. The second-order valence-electron chi connectivity index (χ2n) is 5.26. The van der Waals surface area contributed by atoms with Crippen LogP contribution in [0.25, 0.3) is 11.6 Å². The molecule has 0 aliphatic carbocycles. The highest BCUT2D eigenvalue weighted by molar-refractivity contribution is 5.44. The number of rotatable bonds is 6. The fraction of sp³-hybridized carbons (Fsp3) is 0.467. The molecule has 0 bridgehead atoms. The highest BCUT2D eigenvalue weighted by Gasteiger charge is 2.11. The summed E-state index contributed by atoms with van der Waals surface area (Å²) in [7, 11) is 0. The zero-order valence-corrected chi connectivity index (χ0v) is 13.3. The van der Waals surface area contributed by atoms with E-state index in [-0.39, 0.29) is 0 Å². The van der Waals surface area contributed by atoms with E-state index in [1.165, 1.54) is 0 Å². The molecule has 0 saturated carbocycles. The molecule has 22 heavy (non-hydrogen) atoms. The zero-order chi connectivity index (χ0) is 15.5. The second-order valence-corrected chi connectivity index (χ2v) is 5.26. The normalized spacial score (nSPS) is 11.2. The molecule has 0 saturated heterocycles. The van der Waals surface area contributed by atoms with Gasteiger partial charge in [0, 0.05) is 44.4 Å². The molecule has 0 radical (unpaired) electrons. The van der Waals surface area contributed by atoms with E-state index in [0.29, 0.717) is 0 Å². The van der Waals surface area contributed by atoms with Crippen LogP contribution in [0.1, 0.15) is 25.0 Å². The fourth-order valence-corrected chi connectivity index (χ4v) is 2.63. The number of nitrogens with zero attached hydrogens (tertiary/aromatic N) is 7. The molecule has 7 heteroatoms. The molecule has 0 unspecified atom stereocenters. The van der Waals surface area contributed by atoms with E-state index in [9.17, 15) is 0 Å². The maximum absolute atomic E-state index is 4.46. The summed E-state index contributed by atoms with van der Waals surface area (Å²) in [6.07, 6.45) is 8.60. The fourth-order valence-electron chi connectivity index (χ4n) is 2.63. The van der Waals surface area contributed by atoms with Gasteiger partial charge in [-0.15, -0.1) is 0 Å². The van der Waals surface area contributed by atoms with Crippen LogP contribution < -0.4 is 0 Å². The highest BCUT2D eigenvalue weighted by atomic mass is 15.3. The molecular formula is C15H21N7. The summed E-state index contributed by atoms with van der Waals surface area (Å²) in [4.78, 5) is 13.2. The third-order valence-electron chi connectivity index (χ3n) is 3.70. The maximum Gasteiger partial charge on any atom is 0.176 e. The minimum Gasteiger partial charge on any atom is -0.329 e. The first-order valence-electron chi connectivity index (χ1n) is 7.59. The summed E-state index contributed by atoms with van der Waals surface area (Å²) in [6.45, 7) is 8.63. The van der Waals surface area contributed by atoms with E-state index >= 15 is 0 Å². The molecule has 0 spiro atoms. The maximum atomic E-state index is 4.46. The molecule has 0 aliphatic heterocycles. The van der Waals surface area contributed by atoms with Crippen LogP contribution in [0, 0.1) is 13.8 Å². The SMILES string of the molecule is CCn1ccnc1-c1nccn1CCCn1nc(C)nc1C. The van der Waals surface area contributed by atoms with Gasteiger partial charge in [-0.1, -0.05) is 0 Å². The lowest BCUT2D eigenvalue weighted by Gasteiger charge is -2.09. The van der Waals surface area contributed by atoms with Crippen molar-refractivity contribution in [1.82, 2.24) is 33.9 Å². The van der Waals surface area contributed by atoms with Gasteiger partial charge in [-0.25, -0.2) is 15.0 Å². The summed E-state index contributed by atoms with van der Waals surface area (Å²) in [5.41, 5.74) is 0. The van der Waals surface area contributed by atoms with Crippen LogP contribution in [0.15, 0.2) is 24.8 Å². The second kappa shape index (κ2) is 6.13. The average Bonchev–Trinajstić information content (AvgIpc) is 3.19. The Balaban J connectivity index is 1.69. The minimum atomic E-state index is 0.825. The molecular weight excluding hydrogens is 278 g/mol. The third-order valence-corrected chi connectivity index (χ3v) is 3.70. The summed E-state index contributed by atoms with van der Waals surface area (Å²) in [6, 6.07) is 0. The molecule has 0 fully saturated rings. The topological polar surface area (TPSA) is 66.3 Å². The Bertz CT molecular complexity index is 750. The number of imidazole rings is 2. The first kappa shape index (κ1) is 14.5. The summed E-state index contributed by atoms with van der Waals surface area (Å²) in [5, 5.41) is 4.39. The van der Waals surface area contributed by atoms with Gasteiger partial charge in [-0.2, -0.15) is 5.10 Å². The van der Waals surface area contributed by atoms with Gasteiger partial charge >= 0.3 is 0 Å². The average molecular weight is 299 g/mol. The van der Waals surface area contributed by atoms with Crippen molar-refractivity contribution in [1.29, 1.82) is 0 Å². The molecule has 3 heterocycles. The van der Waals surface area contributed by atoms with Gasteiger partial charge in [0.1, 0.15) is 11.6 Å². The van der Waals surface area contributed by atoms with E-state index in [1.807, 2.05) is 43.3 Å². The van der Waals surface area contributed by atoms with Crippen molar-refractivity contribution in [2.24, 2.45) is 0 Å². The van der Waals surface area contributed by atoms with E-state index in [0.717, 1.165) is 49.4 Å². The zero-order valence-electron chi connectivity index (χ0n) is 13.3. The first-order valence-corrected chi connectivity index (χ1v) is 7.59. The summed E-state index contributed by atoms with van der Waals surface area (Å²) >= 11 is 0. The van der Waals surface area contributed by atoms with E-state index < -0.39 is 0 Å². The van der Waals surface area contributed by atoms with Gasteiger partial charge in [-0.05, 0) is 27.2 Å². The predicted molar refractivity (Wildman–Crippen MR) is 83.2 cm³/mol. The lowest BCUT2D eigenvalue weighted by molar-refractivity contribution is 0.515. The summed E-state index contributed by atoms with van der Waals surface area (Å²) in [5.74, 6) is 3.62. The Morgan fingerprint density at radius 1 is 0.955 bits per heavy atom. The number of hydrogen-bond donors (Lipinski definition) is 0. The van der Waals surface area contributed by atoms with E-state index in [4.69, 9.17) is 0 Å². The largest absolute Gasteiger partial charge is 0.329 e. The van der Waals surface area contributed by atoms with Crippen molar-refractivity contribution in [2.45, 2.75) is 46.8 Å². The lowest BCUT2D eigenvalue weighted by atomic mass is 10.4. The number of aromatic nitrogens is 7. The molecule has 3 aromatic rings. The Labute approximate surface area is 129 Å².